The number of aryl methyl sites for hydroxylation is 1. The van der Waals surface area contributed by atoms with Crippen molar-refractivity contribution in [1.29, 1.82) is 0 Å². The zero-order valence-electron chi connectivity index (χ0n) is 19.8. The monoisotopic (exact) mass is 541 g/mol. The Kier molecular flexibility index (Phi) is 7.09. The number of thioether (sulfide) groups is 1. The van der Waals surface area contributed by atoms with Gasteiger partial charge in [-0.15, -0.1) is 11.8 Å². The quantitative estimate of drug-likeness (QED) is 0.310. The predicted molar refractivity (Wildman–Crippen MR) is 141 cm³/mol. The van der Waals surface area contributed by atoms with Crippen LogP contribution in [-0.4, -0.2) is 42.0 Å². The summed E-state index contributed by atoms with van der Waals surface area (Å²) in [7, 11) is 0. The number of hydrogen-bond acceptors (Lipinski definition) is 7. The summed E-state index contributed by atoms with van der Waals surface area (Å²) in [5.74, 6) is 0.767. The van der Waals surface area contributed by atoms with Crippen LogP contribution in [0.1, 0.15) is 29.2 Å². The van der Waals surface area contributed by atoms with E-state index in [-0.39, 0.29) is 24.2 Å². The van der Waals surface area contributed by atoms with E-state index in [0.29, 0.717) is 34.4 Å². The molecule has 1 aliphatic heterocycles. The molecule has 1 saturated heterocycles. The minimum Gasteiger partial charge on any atom is -0.486 e. The molecule has 0 spiro atoms. The molecule has 192 valence electrons. The van der Waals surface area contributed by atoms with E-state index in [0.717, 1.165) is 11.1 Å². The van der Waals surface area contributed by atoms with Gasteiger partial charge in [-0.05, 0) is 42.3 Å². The van der Waals surface area contributed by atoms with Crippen molar-refractivity contribution in [2.45, 2.75) is 38.0 Å². The standard InChI is InChI=1S/C25H24ClN5O5S/c1-2-30-19(12-36-17-9-5-15(6-10-17)23-27-18(13-37-23)24(33)34)28-21-20(30)22(32)29-25(35)31(21)11-14-3-7-16(26)8-4-14/h3-10,18,23,27H,2,11-13H2,1H3,(H,33,34)(H,29,32,35). The molecule has 2 atom stereocenters. The van der Waals surface area contributed by atoms with E-state index < -0.39 is 23.3 Å². The number of carboxylic acids is 1. The van der Waals surface area contributed by atoms with Gasteiger partial charge in [0.2, 0.25) is 0 Å². The fourth-order valence-electron chi connectivity index (χ4n) is 4.28. The molecule has 3 N–H and O–H groups in total. The number of rotatable bonds is 8. The van der Waals surface area contributed by atoms with Crippen LogP contribution >= 0.6 is 23.4 Å². The number of fused-ring (bicyclic) bond motifs is 1. The van der Waals surface area contributed by atoms with Gasteiger partial charge < -0.3 is 14.4 Å². The molecule has 0 saturated carbocycles. The van der Waals surface area contributed by atoms with Crippen molar-refractivity contribution in [3.05, 3.63) is 91.3 Å². The second-order valence-electron chi connectivity index (χ2n) is 8.54. The lowest BCUT2D eigenvalue weighted by Gasteiger charge is -2.12. The second kappa shape index (κ2) is 10.4. The molecular formula is C25H24ClN5O5S. The zero-order chi connectivity index (χ0) is 26.1. The van der Waals surface area contributed by atoms with E-state index in [1.165, 1.54) is 4.57 Å². The van der Waals surface area contributed by atoms with E-state index in [2.05, 4.69) is 15.3 Å². The van der Waals surface area contributed by atoms with E-state index in [9.17, 15) is 19.5 Å². The SMILES string of the molecule is CCn1c(COc2ccc(C3NC(C(=O)O)CS3)cc2)nc2c1c(=O)[nH]c(=O)n2Cc1ccc(Cl)cc1. The Bertz CT molecular complexity index is 1560. The smallest absolute Gasteiger partial charge is 0.330 e. The first-order valence-electron chi connectivity index (χ1n) is 11.6. The maximum absolute atomic E-state index is 12.7. The topological polar surface area (TPSA) is 131 Å². The van der Waals surface area contributed by atoms with Crippen LogP contribution < -0.4 is 21.3 Å². The van der Waals surface area contributed by atoms with Crippen molar-refractivity contribution in [3.8, 4) is 5.75 Å². The highest BCUT2D eigenvalue weighted by atomic mass is 35.5. The summed E-state index contributed by atoms with van der Waals surface area (Å²) in [5.41, 5.74) is 1.35. The molecule has 0 aliphatic carbocycles. The zero-order valence-corrected chi connectivity index (χ0v) is 21.4. The van der Waals surface area contributed by atoms with Crippen LogP contribution in [0.4, 0.5) is 0 Å². The Morgan fingerprint density at radius 3 is 2.54 bits per heavy atom. The van der Waals surface area contributed by atoms with Gasteiger partial charge in [-0.25, -0.2) is 9.78 Å². The molecule has 2 unspecified atom stereocenters. The van der Waals surface area contributed by atoms with Crippen molar-refractivity contribution in [3.63, 3.8) is 0 Å². The number of carbonyl (C=O) groups is 1. The number of ether oxygens (including phenoxy) is 1. The van der Waals surface area contributed by atoms with Crippen LogP contribution in [0.5, 0.6) is 5.75 Å². The van der Waals surface area contributed by atoms with Gasteiger partial charge in [0.1, 0.15) is 24.2 Å². The minimum absolute atomic E-state index is 0.0912. The summed E-state index contributed by atoms with van der Waals surface area (Å²) >= 11 is 7.52. The van der Waals surface area contributed by atoms with E-state index in [1.54, 1.807) is 28.5 Å². The number of halogens is 1. The number of H-pyrrole nitrogens is 1. The van der Waals surface area contributed by atoms with Crippen molar-refractivity contribution >= 4 is 40.5 Å². The number of benzene rings is 2. The van der Waals surface area contributed by atoms with E-state index in [4.69, 9.17) is 16.3 Å². The highest BCUT2D eigenvalue weighted by Gasteiger charge is 2.30. The third-order valence-electron chi connectivity index (χ3n) is 6.17. The fraction of sp³-hybridized carbons (Fsp3) is 0.280. The summed E-state index contributed by atoms with van der Waals surface area (Å²) in [6.07, 6.45) is 0. The molecule has 37 heavy (non-hydrogen) atoms. The molecule has 5 rings (SSSR count). The number of imidazole rings is 1. The van der Waals surface area contributed by atoms with Gasteiger partial charge in [-0.3, -0.25) is 24.5 Å². The van der Waals surface area contributed by atoms with Crippen LogP contribution in [0.25, 0.3) is 11.2 Å². The number of nitrogens with zero attached hydrogens (tertiary/aromatic N) is 3. The van der Waals surface area contributed by atoms with Crippen LogP contribution in [0.3, 0.4) is 0 Å². The third kappa shape index (κ3) is 5.15. The third-order valence-corrected chi connectivity index (χ3v) is 7.69. The van der Waals surface area contributed by atoms with Gasteiger partial charge in [-0.2, -0.15) is 0 Å². The molecule has 0 bridgehead atoms. The lowest BCUT2D eigenvalue weighted by atomic mass is 10.2. The molecule has 0 amide bonds. The molecular weight excluding hydrogens is 518 g/mol. The highest BCUT2D eigenvalue weighted by Crippen LogP contribution is 2.33. The minimum atomic E-state index is -0.855. The Morgan fingerprint density at radius 2 is 1.89 bits per heavy atom. The first-order valence-corrected chi connectivity index (χ1v) is 13.1. The van der Waals surface area contributed by atoms with Gasteiger partial charge in [-0.1, -0.05) is 35.9 Å². The Labute approximate surface area is 220 Å². The molecule has 4 aromatic rings. The second-order valence-corrected chi connectivity index (χ2v) is 10.1. The normalized spacial score (nSPS) is 17.4. The number of carboxylic acid groups (broad SMARTS) is 1. The van der Waals surface area contributed by atoms with Crippen LogP contribution in [0.15, 0.2) is 58.1 Å². The number of hydrogen-bond donors (Lipinski definition) is 3. The molecule has 10 nitrogen and oxygen atoms in total. The van der Waals surface area contributed by atoms with Crippen molar-refractivity contribution in [1.82, 2.24) is 24.4 Å². The van der Waals surface area contributed by atoms with Crippen LogP contribution in [-0.2, 0) is 24.5 Å². The van der Waals surface area contributed by atoms with Gasteiger partial charge >= 0.3 is 11.7 Å². The lowest BCUT2D eigenvalue weighted by molar-refractivity contribution is -0.138. The molecule has 1 aliphatic rings. The van der Waals surface area contributed by atoms with Crippen molar-refractivity contribution < 1.29 is 14.6 Å². The average Bonchev–Trinajstić information content (AvgIpc) is 3.52. The van der Waals surface area contributed by atoms with Crippen molar-refractivity contribution in [2.75, 3.05) is 5.75 Å². The summed E-state index contributed by atoms with van der Waals surface area (Å²) in [6.45, 7) is 2.67. The molecule has 1 fully saturated rings. The van der Waals surface area contributed by atoms with Crippen molar-refractivity contribution in [2.24, 2.45) is 0 Å². The largest absolute Gasteiger partial charge is 0.486 e. The fourth-order valence-corrected chi connectivity index (χ4v) is 5.64. The highest BCUT2D eigenvalue weighted by molar-refractivity contribution is 7.99. The average molecular weight is 542 g/mol. The molecule has 3 heterocycles. The van der Waals surface area contributed by atoms with Crippen LogP contribution in [0.2, 0.25) is 5.02 Å². The molecule has 2 aromatic carbocycles. The molecule has 0 radical (unpaired) electrons. The first kappa shape index (κ1) is 25.1. The van der Waals surface area contributed by atoms with E-state index >= 15 is 0 Å². The maximum Gasteiger partial charge on any atom is 0.330 e. The van der Waals surface area contributed by atoms with Gasteiger partial charge in [0, 0.05) is 17.3 Å². The van der Waals surface area contributed by atoms with Gasteiger partial charge in [0.15, 0.2) is 11.2 Å². The van der Waals surface area contributed by atoms with E-state index in [1.807, 2.05) is 43.3 Å². The van der Waals surface area contributed by atoms with Gasteiger partial charge in [0.25, 0.3) is 5.56 Å². The predicted octanol–water partition coefficient (Wildman–Crippen LogP) is 2.98. The summed E-state index contributed by atoms with van der Waals surface area (Å²) in [5, 5.41) is 12.8. The maximum atomic E-state index is 12.7. The number of nitrogens with one attached hydrogen (secondary N) is 2. The Hall–Kier alpha value is -3.54. The number of aromatic nitrogens is 4. The summed E-state index contributed by atoms with van der Waals surface area (Å²) in [6, 6.07) is 14.0. The van der Waals surface area contributed by atoms with Gasteiger partial charge in [0.05, 0.1) is 11.9 Å². The number of aliphatic carboxylic acids is 1. The summed E-state index contributed by atoms with van der Waals surface area (Å²) < 4.78 is 9.14. The van der Waals surface area contributed by atoms with Crippen LogP contribution in [0, 0.1) is 0 Å². The Balaban J connectivity index is 1.38. The molecule has 12 heteroatoms. The molecule has 2 aromatic heterocycles. The number of aromatic amines is 1. The first-order chi connectivity index (χ1) is 17.8. The lowest BCUT2D eigenvalue weighted by Crippen LogP contribution is -2.33. The summed E-state index contributed by atoms with van der Waals surface area (Å²) in [4.78, 5) is 43.6. The Morgan fingerprint density at radius 1 is 1.16 bits per heavy atom.